The molecule has 1 saturated heterocycles. The Balaban J connectivity index is 2.25. The minimum Gasteiger partial charge on any atom is -0.366 e. The summed E-state index contributed by atoms with van der Waals surface area (Å²) >= 11 is 0. The molecule has 0 bridgehead atoms. The second-order valence-corrected chi connectivity index (χ2v) is 4.92. The summed E-state index contributed by atoms with van der Waals surface area (Å²) in [4.78, 5) is 13.8. The number of amides is 1. The predicted octanol–water partition coefficient (Wildman–Crippen LogP) is 0.808. The van der Waals surface area contributed by atoms with Gasteiger partial charge in [0.15, 0.2) is 0 Å². The van der Waals surface area contributed by atoms with E-state index < -0.39 is 0 Å². The first kappa shape index (κ1) is 13.1. The van der Waals surface area contributed by atoms with Gasteiger partial charge in [0.25, 0.3) is 0 Å². The smallest absolute Gasteiger partial charge is 0.248 e. The van der Waals surface area contributed by atoms with Gasteiger partial charge < -0.3 is 11.1 Å². The molecule has 0 atom stereocenters. The highest BCUT2D eigenvalue weighted by Gasteiger charge is 2.15. The molecule has 0 unspecified atom stereocenters. The van der Waals surface area contributed by atoms with Crippen molar-refractivity contribution in [3.8, 4) is 0 Å². The fraction of sp³-hybridized carbons (Fsp3) is 0.500. The van der Waals surface area contributed by atoms with E-state index in [1.54, 1.807) is 0 Å². The van der Waals surface area contributed by atoms with Crippen molar-refractivity contribution in [1.82, 2.24) is 10.2 Å². The number of primary amides is 1. The second kappa shape index (κ2) is 5.50. The molecule has 18 heavy (non-hydrogen) atoms. The van der Waals surface area contributed by atoms with Gasteiger partial charge in [0.1, 0.15) is 0 Å². The third-order valence-corrected chi connectivity index (χ3v) is 3.69. The molecule has 0 spiro atoms. The summed E-state index contributed by atoms with van der Waals surface area (Å²) in [6, 6.07) is 3.82. The highest BCUT2D eigenvalue weighted by atomic mass is 16.1. The number of carbonyl (C=O) groups is 1. The van der Waals surface area contributed by atoms with Crippen molar-refractivity contribution in [3.05, 3.63) is 34.4 Å². The average molecular weight is 247 g/mol. The molecule has 4 nitrogen and oxygen atoms in total. The quantitative estimate of drug-likeness (QED) is 0.831. The first-order chi connectivity index (χ1) is 8.59. The molecule has 1 fully saturated rings. The number of aryl methyl sites for hydroxylation is 1. The number of piperazine rings is 1. The fourth-order valence-electron chi connectivity index (χ4n) is 2.50. The van der Waals surface area contributed by atoms with Gasteiger partial charge in [0.2, 0.25) is 5.91 Å². The average Bonchev–Trinajstić information content (AvgIpc) is 2.35. The Kier molecular flexibility index (Phi) is 3.99. The van der Waals surface area contributed by atoms with Crippen LogP contribution in [0, 0.1) is 13.8 Å². The molecule has 1 aliphatic heterocycles. The molecular weight excluding hydrogens is 226 g/mol. The van der Waals surface area contributed by atoms with Gasteiger partial charge in [0.05, 0.1) is 0 Å². The van der Waals surface area contributed by atoms with Crippen molar-refractivity contribution in [3.63, 3.8) is 0 Å². The lowest BCUT2D eigenvalue weighted by Crippen LogP contribution is -2.43. The third kappa shape index (κ3) is 2.71. The van der Waals surface area contributed by atoms with E-state index in [4.69, 9.17) is 5.73 Å². The number of nitrogens with zero attached hydrogens (tertiary/aromatic N) is 1. The van der Waals surface area contributed by atoms with E-state index in [2.05, 4.69) is 17.1 Å². The van der Waals surface area contributed by atoms with Crippen LogP contribution >= 0.6 is 0 Å². The van der Waals surface area contributed by atoms with E-state index in [9.17, 15) is 4.79 Å². The normalized spacial score (nSPS) is 16.8. The second-order valence-electron chi connectivity index (χ2n) is 4.92. The van der Waals surface area contributed by atoms with Gasteiger partial charge in [-0.3, -0.25) is 9.69 Å². The molecule has 4 heteroatoms. The fourth-order valence-corrected chi connectivity index (χ4v) is 2.50. The van der Waals surface area contributed by atoms with Crippen LogP contribution < -0.4 is 11.1 Å². The van der Waals surface area contributed by atoms with Crippen molar-refractivity contribution >= 4 is 5.91 Å². The van der Waals surface area contributed by atoms with Crippen molar-refractivity contribution in [2.75, 3.05) is 26.2 Å². The van der Waals surface area contributed by atoms with Gasteiger partial charge in [0, 0.05) is 38.3 Å². The van der Waals surface area contributed by atoms with Crippen molar-refractivity contribution < 1.29 is 4.79 Å². The SMILES string of the molecule is Cc1ccc(C(N)=O)c(C)c1CN1CCNCC1. The lowest BCUT2D eigenvalue weighted by molar-refractivity contribution is 0.0999. The number of benzene rings is 1. The summed E-state index contributed by atoms with van der Waals surface area (Å²) in [6.07, 6.45) is 0. The number of nitrogens with one attached hydrogen (secondary N) is 1. The molecule has 1 heterocycles. The Hall–Kier alpha value is -1.39. The van der Waals surface area contributed by atoms with E-state index in [1.807, 2.05) is 19.1 Å². The number of nitrogens with two attached hydrogens (primary N) is 1. The van der Waals surface area contributed by atoms with Gasteiger partial charge in [-0.15, -0.1) is 0 Å². The zero-order valence-electron chi connectivity index (χ0n) is 11.1. The lowest BCUT2D eigenvalue weighted by Gasteiger charge is -2.28. The standard InChI is InChI=1S/C14H21N3O/c1-10-3-4-12(14(15)18)11(2)13(10)9-17-7-5-16-6-8-17/h3-4,16H,5-9H2,1-2H3,(H2,15,18). The zero-order valence-corrected chi connectivity index (χ0v) is 11.1. The summed E-state index contributed by atoms with van der Waals surface area (Å²) in [5.41, 5.74) is 9.55. The van der Waals surface area contributed by atoms with Crippen LogP contribution in [0.15, 0.2) is 12.1 Å². The summed E-state index contributed by atoms with van der Waals surface area (Å²) < 4.78 is 0. The maximum atomic E-state index is 11.4. The molecule has 2 rings (SSSR count). The van der Waals surface area contributed by atoms with Crippen LogP contribution in [0.3, 0.4) is 0 Å². The maximum Gasteiger partial charge on any atom is 0.248 e. The molecule has 0 aromatic heterocycles. The molecule has 98 valence electrons. The summed E-state index contributed by atoms with van der Waals surface area (Å²) in [6.45, 7) is 9.17. The number of rotatable bonds is 3. The predicted molar refractivity (Wildman–Crippen MR) is 72.6 cm³/mol. The molecule has 0 aliphatic carbocycles. The van der Waals surface area contributed by atoms with Gasteiger partial charge in [-0.1, -0.05) is 6.07 Å². The van der Waals surface area contributed by atoms with Gasteiger partial charge in [-0.2, -0.15) is 0 Å². The molecule has 0 saturated carbocycles. The Morgan fingerprint density at radius 1 is 1.33 bits per heavy atom. The van der Waals surface area contributed by atoms with Crippen LogP contribution in [0.5, 0.6) is 0 Å². The first-order valence-corrected chi connectivity index (χ1v) is 6.41. The summed E-state index contributed by atoms with van der Waals surface area (Å²) in [7, 11) is 0. The Morgan fingerprint density at radius 3 is 2.61 bits per heavy atom. The number of hydrogen-bond acceptors (Lipinski definition) is 3. The minimum absolute atomic E-state index is 0.339. The van der Waals surface area contributed by atoms with Crippen molar-refractivity contribution in [2.45, 2.75) is 20.4 Å². The van der Waals surface area contributed by atoms with Gasteiger partial charge in [-0.25, -0.2) is 0 Å². The number of carbonyl (C=O) groups excluding carboxylic acids is 1. The van der Waals surface area contributed by atoms with E-state index >= 15 is 0 Å². The monoisotopic (exact) mass is 247 g/mol. The van der Waals surface area contributed by atoms with Crippen LogP contribution in [0.4, 0.5) is 0 Å². The van der Waals surface area contributed by atoms with E-state index in [0.29, 0.717) is 5.56 Å². The van der Waals surface area contributed by atoms with E-state index in [0.717, 1.165) is 38.3 Å². The highest BCUT2D eigenvalue weighted by Crippen LogP contribution is 2.20. The van der Waals surface area contributed by atoms with Gasteiger partial charge in [-0.05, 0) is 36.6 Å². The topological polar surface area (TPSA) is 58.4 Å². The molecule has 1 aromatic carbocycles. The maximum absolute atomic E-state index is 11.4. The first-order valence-electron chi connectivity index (χ1n) is 6.41. The molecular formula is C14H21N3O. The van der Waals surface area contributed by atoms with Crippen molar-refractivity contribution in [1.29, 1.82) is 0 Å². The van der Waals surface area contributed by atoms with Crippen LogP contribution in [0.25, 0.3) is 0 Å². The Morgan fingerprint density at radius 2 is 2.00 bits per heavy atom. The highest BCUT2D eigenvalue weighted by molar-refractivity contribution is 5.94. The molecule has 1 aromatic rings. The molecule has 0 radical (unpaired) electrons. The Bertz CT molecular complexity index is 451. The lowest BCUT2D eigenvalue weighted by atomic mass is 9.96. The van der Waals surface area contributed by atoms with Crippen LogP contribution in [0.1, 0.15) is 27.0 Å². The molecule has 1 amide bonds. The van der Waals surface area contributed by atoms with Crippen LogP contribution in [-0.4, -0.2) is 37.0 Å². The van der Waals surface area contributed by atoms with Crippen molar-refractivity contribution in [2.24, 2.45) is 5.73 Å². The van der Waals surface area contributed by atoms with Gasteiger partial charge >= 0.3 is 0 Å². The molecule has 3 N–H and O–H groups in total. The molecule has 1 aliphatic rings. The Labute approximate surface area is 108 Å². The third-order valence-electron chi connectivity index (χ3n) is 3.69. The summed E-state index contributed by atoms with van der Waals surface area (Å²) in [5, 5.41) is 3.34. The van der Waals surface area contributed by atoms with E-state index in [-0.39, 0.29) is 5.91 Å². The largest absolute Gasteiger partial charge is 0.366 e. The number of hydrogen-bond donors (Lipinski definition) is 2. The van der Waals surface area contributed by atoms with E-state index in [1.165, 1.54) is 11.1 Å². The van der Waals surface area contributed by atoms with Crippen LogP contribution in [0.2, 0.25) is 0 Å². The summed E-state index contributed by atoms with van der Waals surface area (Å²) in [5.74, 6) is -0.339. The van der Waals surface area contributed by atoms with Crippen LogP contribution in [-0.2, 0) is 6.54 Å². The minimum atomic E-state index is -0.339. The zero-order chi connectivity index (χ0) is 13.1.